The molecule has 1 aliphatic carbocycles. The second-order valence-electron chi connectivity index (χ2n) is 8.49. The van der Waals surface area contributed by atoms with Crippen LogP contribution in [0.2, 0.25) is 0 Å². The molecule has 33 heavy (non-hydrogen) atoms. The number of alkyl halides is 3. The number of piperazine rings is 1. The average Bonchev–Trinajstić information content (AvgIpc) is 2.79. The van der Waals surface area contributed by atoms with E-state index in [1.54, 1.807) is 19.1 Å². The van der Waals surface area contributed by atoms with E-state index in [0.29, 0.717) is 25.1 Å². The first-order valence-corrected chi connectivity index (χ1v) is 11.2. The van der Waals surface area contributed by atoms with Gasteiger partial charge >= 0.3 is 6.36 Å². The molecule has 9 heteroatoms. The minimum atomic E-state index is -4.79. The van der Waals surface area contributed by atoms with E-state index in [1.165, 1.54) is 12.1 Å². The molecular formula is C24H29F3N2O4. The van der Waals surface area contributed by atoms with Gasteiger partial charge in [-0.25, -0.2) is 0 Å². The van der Waals surface area contributed by atoms with Gasteiger partial charge in [0.15, 0.2) is 5.76 Å². The van der Waals surface area contributed by atoms with Gasteiger partial charge in [0.2, 0.25) is 0 Å². The molecule has 0 saturated carbocycles. The van der Waals surface area contributed by atoms with Crippen LogP contribution in [0, 0.1) is 0 Å². The Labute approximate surface area is 191 Å². The zero-order valence-electron chi connectivity index (χ0n) is 18.5. The van der Waals surface area contributed by atoms with Gasteiger partial charge in [0.25, 0.3) is 0 Å². The Morgan fingerprint density at radius 1 is 1.30 bits per heavy atom. The lowest BCUT2D eigenvalue weighted by Crippen LogP contribution is -2.53. The Bertz CT molecular complexity index is 927. The number of allylic oxidation sites excluding steroid dienone is 4. The highest BCUT2D eigenvalue weighted by Gasteiger charge is 2.35. The van der Waals surface area contributed by atoms with Crippen LogP contribution in [-0.2, 0) is 9.78 Å². The van der Waals surface area contributed by atoms with E-state index in [1.807, 2.05) is 12.2 Å². The van der Waals surface area contributed by atoms with Crippen molar-refractivity contribution in [1.29, 1.82) is 0 Å². The minimum Gasteiger partial charge on any atom is -0.405 e. The third-order valence-corrected chi connectivity index (χ3v) is 6.36. The Kier molecular flexibility index (Phi) is 7.43. The van der Waals surface area contributed by atoms with Crippen LogP contribution < -0.4 is 10.1 Å². The van der Waals surface area contributed by atoms with E-state index in [4.69, 9.17) is 9.78 Å². The molecule has 2 heterocycles. The predicted octanol–water partition coefficient (Wildman–Crippen LogP) is 3.82. The van der Waals surface area contributed by atoms with Crippen LogP contribution in [0.25, 0.3) is 0 Å². The van der Waals surface area contributed by atoms with Crippen LogP contribution in [0.3, 0.4) is 0 Å². The van der Waals surface area contributed by atoms with Gasteiger partial charge in [-0.3, -0.25) is 4.90 Å². The topological polar surface area (TPSA) is 63.2 Å². The van der Waals surface area contributed by atoms with Crippen LogP contribution in [-0.4, -0.2) is 61.3 Å². The van der Waals surface area contributed by atoms with Crippen molar-refractivity contribution in [2.45, 2.75) is 44.2 Å². The normalized spacial score (nSPS) is 23.4. The summed E-state index contributed by atoms with van der Waals surface area (Å²) < 4.78 is 43.0. The maximum atomic E-state index is 12.9. The van der Waals surface area contributed by atoms with Crippen LogP contribution in [0.15, 0.2) is 59.4 Å². The number of hydrogen-bond acceptors (Lipinski definition) is 6. The molecule has 2 aliphatic heterocycles. The monoisotopic (exact) mass is 466 g/mol. The molecule has 3 atom stereocenters. The van der Waals surface area contributed by atoms with Crippen molar-refractivity contribution in [2.75, 3.05) is 32.8 Å². The van der Waals surface area contributed by atoms with Crippen molar-refractivity contribution in [3.05, 3.63) is 65.0 Å². The van der Waals surface area contributed by atoms with Gasteiger partial charge in [-0.1, -0.05) is 30.4 Å². The summed E-state index contributed by atoms with van der Waals surface area (Å²) in [4.78, 5) is 13.0. The third-order valence-electron chi connectivity index (χ3n) is 6.36. The lowest BCUT2D eigenvalue weighted by Gasteiger charge is -2.40. The van der Waals surface area contributed by atoms with E-state index in [9.17, 15) is 18.3 Å². The van der Waals surface area contributed by atoms with Crippen molar-refractivity contribution in [3.63, 3.8) is 0 Å². The molecule has 0 aromatic heterocycles. The molecule has 3 unspecified atom stereocenters. The Hall–Kier alpha value is -2.33. The first-order valence-electron chi connectivity index (χ1n) is 11.2. The number of benzene rings is 1. The first kappa shape index (κ1) is 23.8. The lowest BCUT2D eigenvalue weighted by molar-refractivity contribution is -0.275. The molecule has 3 aliphatic rings. The summed E-state index contributed by atoms with van der Waals surface area (Å²) in [7, 11) is 0. The highest BCUT2D eigenvalue weighted by atomic mass is 19.4. The molecular weight excluding hydrogens is 437 g/mol. The molecule has 2 N–H and O–H groups in total. The SMILES string of the molecule is CC(O)C(CCN1CCNCC1C1=C2CC=CC=C2OOC1)c1ccccc1OC(F)(F)F. The fourth-order valence-electron chi connectivity index (χ4n) is 4.77. The molecule has 0 amide bonds. The van der Waals surface area contributed by atoms with Crippen LogP contribution >= 0.6 is 0 Å². The van der Waals surface area contributed by atoms with Gasteiger partial charge in [0, 0.05) is 42.7 Å². The minimum absolute atomic E-state index is 0.0730. The molecule has 1 aromatic rings. The van der Waals surface area contributed by atoms with Crippen molar-refractivity contribution in [1.82, 2.24) is 10.2 Å². The van der Waals surface area contributed by atoms with Gasteiger partial charge in [-0.2, -0.15) is 4.89 Å². The summed E-state index contributed by atoms with van der Waals surface area (Å²) in [6.45, 7) is 4.91. The van der Waals surface area contributed by atoms with Crippen molar-refractivity contribution in [2.24, 2.45) is 0 Å². The van der Waals surface area contributed by atoms with E-state index in [-0.39, 0.29) is 11.8 Å². The maximum absolute atomic E-state index is 12.9. The smallest absolute Gasteiger partial charge is 0.405 e. The summed E-state index contributed by atoms with van der Waals surface area (Å²) in [6, 6.07) is 6.12. The number of aliphatic hydroxyl groups is 1. The third kappa shape index (κ3) is 5.78. The zero-order valence-corrected chi connectivity index (χ0v) is 18.5. The summed E-state index contributed by atoms with van der Waals surface area (Å²) >= 11 is 0. The van der Waals surface area contributed by atoms with E-state index in [0.717, 1.165) is 43.0 Å². The molecule has 0 radical (unpaired) electrons. The standard InChI is InChI=1S/C24H29F3N2O4/c1-16(30)17(18-6-2-4-8-22(18)32-24(25,26)27)10-12-29-13-11-28-14-21(29)20-15-31-33-23-9-5-3-7-19(20)23/h2-6,8-9,16-17,21,28,30H,7,10-15H2,1H3. The van der Waals surface area contributed by atoms with Gasteiger partial charge in [-0.15, -0.1) is 13.2 Å². The Balaban J connectivity index is 1.53. The van der Waals surface area contributed by atoms with Crippen LogP contribution in [0.1, 0.15) is 31.2 Å². The van der Waals surface area contributed by atoms with Crippen LogP contribution in [0.4, 0.5) is 13.2 Å². The lowest BCUT2D eigenvalue weighted by atomic mass is 9.88. The highest BCUT2D eigenvalue weighted by Crippen LogP contribution is 2.36. The number of ether oxygens (including phenoxy) is 1. The number of fused-ring (bicyclic) bond motifs is 1. The molecule has 1 saturated heterocycles. The number of rotatable bonds is 7. The van der Waals surface area contributed by atoms with E-state index >= 15 is 0 Å². The fourth-order valence-corrected chi connectivity index (χ4v) is 4.77. The fraction of sp³-hybridized carbons (Fsp3) is 0.500. The molecule has 1 fully saturated rings. The highest BCUT2D eigenvalue weighted by molar-refractivity contribution is 5.42. The molecule has 1 aromatic carbocycles. The number of halogens is 3. The predicted molar refractivity (Wildman–Crippen MR) is 116 cm³/mol. The van der Waals surface area contributed by atoms with Crippen molar-refractivity contribution >= 4 is 0 Å². The second-order valence-corrected chi connectivity index (χ2v) is 8.49. The first-order chi connectivity index (χ1) is 15.8. The van der Waals surface area contributed by atoms with E-state index < -0.39 is 18.4 Å². The largest absolute Gasteiger partial charge is 0.573 e. The number of nitrogens with zero attached hydrogens (tertiary/aromatic N) is 1. The number of hydrogen-bond donors (Lipinski definition) is 2. The molecule has 6 nitrogen and oxygen atoms in total. The molecule has 0 spiro atoms. The summed E-state index contributed by atoms with van der Waals surface area (Å²) in [5.74, 6) is -0.0422. The van der Waals surface area contributed by atoms with Crippen molar-refractivity contribution in [3.8, 4) is 5.75 Å². The maximum Gasteiger partial charge on any atom is 0.573 e. The number of aliphatic hydroxyl groups excluding tert-OH is 1. The van der Waals surface area contributed by atoms with Gasteiger partial charge in [0.1, 0.15) is 12.4 Å². The molecule has 0 bridgehead atoms. The summed E-state index contributed by atoms with van der Waals surface area (Å²) in [6.07, 6.45) is 1.53. The Morgan fingerprint density at radius 2 is 2.12 bits per heavy atom. The second kappa shape index (κ2) is 10.3. The summed E-state index contributed by atoms with van der Waals surface area (Å²) in [5, 5.41) is 13.9. The van der Waals surface area contributed by atoms with Gasteiger partial charge in [0.05, 0.1) is 6.10 Å². The Morgan fingerprint density at radius 3 is 2.91 bits per heavy atom. The van der Waals surface area contributed by atoms with Crippen molar-refractivity contribution < 1.29 is 32.8 Å². The number of nitrogens with one attached hydrogen (secondary N) is 1. The van der Waals surface area contributed by atoms with Gasteiger partial charge in [-0.05, 0) is 44.0 Å². The quantitative estimate of drug-likeness (QED) is 0.596. The van der Waals surface area contributed by atoms with Crippen LogP contribution in [0.5, 0.6) is 5.75 Å². The molecule has 4 rings (SSSR count). The number of para-hydroxylation sites is 1. The van der Waals surface area contributed by atoms with Gasteiger partial charge < -0.3 is 20.0 Å². The summed E-state index contributed by atoms with van der Waals surface area (Å²) in [5.41, 5.74) is 2.63. The molecule has 180 valence electrons. The zero-order chi connectivity index (χ0) is 23.4. The average molecular weight is 467 g/mol. The van der Waals surface area contributed by atoms with E-state index in [2.05, 4.69) is 21.0 Å².